The Balaban J connectivity index is 1.38. The molecule has 3 aromatic carbocycles. The molecule has 4 aromatic rings. The van der Waals surface area contributed by atoms with Crippen molar-refractivity contribution in [2.75, 3.05) is 0 Å². The van der Waals surface area contributed by atoms with E-state index in [0.717, 1.165) is 35.3 Å². The minimum Gasteiger partial charge on any atom is -0.361 e. The van der Waals surface area contributed by atoms with E-state index in [2.05, 4.69) is 46.3 Å². The zero-order chi connectivity index (χ0) is 17.5. The van der Waals surface area contributed by atoms with Crippen molar-refractivity contribution in [3.05, 3.63) is 95.4 Å². The summed E-state index contributed by atoms with van der Waals surface area (Å²) in [6.07, 6.45) is 1.92. The Kier molecular flexibility index (Phi) is 3.61. The largest absolute Gasteiger partial charge is 0.361 e. The Morgan fingerprint density at radius 3 is 2.35 bits per heavy atom. The van der Waals surface area contributed by atoms with Crippen LogP contribution in [-0.4, -0.2) is 9.88 Å². The van der Waals surface area contributed by atoms with E-state index in [9.17, 15) is 4.39 Å². The van der Waals surface area contributed by atoms with Crippen LogP contribution in [0.3, 0.4) is 0 Å². The second-order valence-electron chi connectivity index (χ2n) is 7.00. The van der Waals surface area contributed by atoms with E-state index in [1.165, 1.54) is 16.5 Å². The first-order valence-electron chi connectivity index (χ1n) is 8.91. The molecule has 0 aliphatic carbocycles. The fourth-order valence-electron chi connectivity index (χ4n) is 3.84. The van der Waals surface area contributed by atoms with Gasteiger partial charge >= 0.3 is 0 Å². The van der Waals surface area contributed by atoms with Gasteiger partial charge in [-0.15, -0.1) is 0 Å². The van der Waals surface area contributed by atoms with Crippen LogP contribution in [0.25, 0.3) is 22.0 Å². The fourth-order valence-corrected chi connectivity index (χ4v) is 3.84. The summed E-state index contributed by atoms with van der Waals surface area (Å²) in [5.41, 5.74) is 6.46. The van der Waals surface area contributed by atoms with Crippen molar-refractivity contribution >= 4 is 10.9 Å². The average Bonchev–Trinajstić information content (AvgIpc) is 3.28. The van der Waals surface area contributed by atoms with E-state index in [-0.39, 0.29) is 5.82 Å². The Hall–Kier alpha value is -2.91. The van der Waals surface area contributed by atoms with Crippen LogP contribution in [0, 0.1) is 5.82 Å². The first kappa shape index (κ1) is 15.4. The quantitative estimate of drug-likeness (QED) is 0.521. The number of fused-ring (bicyclic) bond motifs is 2. The number of nitrogens with zero attached hydrogens (tertiary/aromatic N) is 1. The summed E-state index contributed by atoms with van der Waals surface area (Å²) < 4.78 is 14.7. The van der Waals surface area contributed by atoms with Crippen molar-refractivity contribution in [2.45, 2.75) is 19.6 Å². The molecule has 0 saturated carbocycles. The van der Waals surface area contributed by atoms with Gasteiger partial charge in [-0.05, 0) is 45.8 Å². The molecular formula is C23H19FN2. The maximum Gasteiger partial charge on any atom is 0.128 e. The molecule has 0 radical (unpaired) electrons. The molecule has 26 heavy (non-hydrogen) atoms. The van der Waals surface area contributed by atoms with Crippen LogP contribution in [0.1, 0.15) is 16.7 Å². The first-order valence-corrected chi connectivity index (χ1v) is 8.91. The van der Waals surface area contributed by atoms with Crippen LogP contribution in [0.4, 0.5) is 4.39 Å². The number of H-pyrrole nitrogens is 1. The number of benzene rings is 3. The van der Waals surface area contributed by atoms with E-state index in [1.54, 1.807) is 6.07 Å². The molecule has 0 unspecified atom stereocenters. The van der Waals surface area contributed by atoms with Crippen molar-refractivity contribution < 1.29 is 4.39 Å². The molecule has 2 nitrogen and oxygen atoms in total. The van der Waals surface area contributed by atoms with Gasteiger partial charge in [-0.25, -0.2) is 4.39 Å². The molecule has 0 fully saturated rings. The lowest BCUT2D eigenvalue weighted by Gasteiger charge is -2.16. The second kappa shape index (κ2) is 6.11. The van der Waals surface area contributed by atoms with Gasteiger partial charge in [0, 0.05) is 36.9 Å². The number of hydrogen-bond donors (Lipinski definition) is 1. The number of rotatable bonds is 3. The van der Waals surface area contributed by atoms with E-state index in [4.69, 9.17) is 0 Å². The fraction of sp³-hybridized carbons (Fsp3) is 0.130. The number of hydrogen-bond acceptors (Lipinski definition) is 1. The van der Waals surface area contributed by atoms with Crippen LogP contribution in [0.5, 0.6) is 0 Å². The van der Waals surface area contributed by atoms with Crippen LogP contribution in [-0.2, 0) is 19.6 Å². The first-order chi connectivity index (χ1) is 12.8. The third kappa shape index (κ3) is 2.71. The Morgan fingerprint density at radius 1 is 0.846 bits per heavy atom. The third-order valence-electron chi connectivity index (χ3n) is 5.24. The number of aromatic amines is 1. The maximum absolute atomic E-state index is 14.7. The van der Waals surface area contributed by atoms with E-state index < -0.39 is 0 Å². The highest BCUT2D eigenvalue weighted by molar-refractivity contribution is 5.84. The van der Waals surface area contributed by atoms with Gasteiger partial charge in [-0.3, -0.25) is 4.90 Å². The van der Waals surface area contributed by atoms with Crippen LogP contribution < -0.4 is 0 Å². The van der Waals surface area contributed by atoms with E-state index >= 15 is 0 Å². The lowest BCUT2D eigenvalue weighted by atomic mass is 10.0. The molecule has 128 valence electrons. The lowest BCUT2D eigenvalue weighted by molar-refractivity contribution is 0.271. The second-order valence-corrected chi connectivity index (χ2v) is 7.00. The highest BCUT2D eigenvalue weighted by Gasteiger charge is 2.19. The molecule has 2 heterocycles. The Bertz CT molecular complexity index is 1070. The predicted octanol–water partition coefficient (Wildman–Crippen LogP) is 5.49. The predicted molar refractivity (Wildman–Crippen MR) is 103 cm³/mol. The minimum absolute atomic E-state index is 0.134. The summed E-state index contributed by atoms with van der Waals surface area (Å²) in [6, 6.07) is 22.3. The highest BCUT2D eigenvalue weighted by atomic mass is 19.1. The van der Waals surface area contributed by atoms with Gasteiger partial charge in [0.2, 0.25) is 0 Å². The maximum atomic E-state index is 14.7. The summed E-state index contributed by atoms with van der Waals surface area (Å²) in [6.45, 7) is 2.41. The molecule has 3 heteroatoms. The topological polar surface area (TPSA) is 19.0 Å². The minimum atomic E-state index is -0.134. The SMILES string of the molecule is Fc1cc(-c2ccc3cc[nH]c3c2)ccc1CN1Cc2ccccc2C1. The number of nitrogens with one attached hydrogen (secondary N) is 1. The van der Waals surface area contributed by atoms with Gasteiger partial charge in [-0.2, -0.15) is 0 Å². The summed E-state index contributed by atoms with van der Waals surface area (Å²) in [7, 11) is 0. The smallest absolute Gasteiger partial charge is 0.128 e. The Labute approximate surface area is 151 Å². The van der Waals surface area contributed by atoms with Crippen LogP contribution in [0.15, 0.2) is 72.9 Å². The van der Waals surface area contributed by atoms with Crippen molar-refractivity contribution in [1.29, 1.82) is 0 Å². The normalized spacial score (nSPS) is 14.0. The number of aromatic nitrogens is 1. The standard InChI is InChI=1S/C23H19FN2/c24-22-11-17(18-6-5-16-9-10-25-23(16)12-18)7-8-21(22)15-26-13-19-3-1-2-4-20(19)14-26/h1-12,25H,13-15H2. The molecule has 1 aliphatic heterocycles. The van der Waals surface area contributed by atoms with Crippen LogP contribution in [0.2, 0.25) is 0 Å². The van der Waals surface area contributed by atoms with Crippen LogP contribution >= 0.6 is 0 Å². The van der Waals surface area contributed by atoms with Crippen molar-refractivity contribution in [2.24, 2.45) is 0 Å². The van der Waals surface area contributed by atoms with Crippen molar-refractivity contribution in [1.82, 2.24) is 9.88 Å². The molecular weight excluding hydrogens is 323 g/mol. The van der Waals surface area contributed by atoms with Crippen molar-refractivity contribution in [3.63, 3.8) is 0 Å². The van der Waals surface area contributed by atoms with Gasteiger partial charge in [-0.1, -0.05) is 48.5 Å². The zero-order valence-corrected chi connectivity index (χ0v) is 14.4. The van der Waals surface area contributed by atoms with Crippen molar-refractivity contribution in [3.8, 4) is 11.1 Å². The molecule has 1 N–H and O–H groups in total. The number of halogens is 1. The summed E-state index contributed by atoms with van der Waals surface area (Å²) in [5, 5.41) is 1.17. The molecule has 1 aliphatic rings. The average molecular weight is 342 g/mol. The highest BCUT2D eigenvalue weighted by Crippen LogP contribution is 2.28. The summed E-state index contributed by atoms with van der Waals surface area (Å²) in [5.74, 6) is -0.134. The molecule has 0 saturated heterocycles. The lowest BCUT2D eigenvalue weighted by Crippen LogP contribution is -2.16. The summed E-state index contributed by atoms with van der Waals surface area (Å²) in [4.78, 5) is 5.50. The molecule has 0 bridgehead atoms. The van der Waals surface area contributed by atoms with Gasteiger partial charge in [0.1, 0.15) is 5.82 Å². The molecule has 5 rings (SSSR count). The van der Waals surface area contributed by atoms with Gasteiger partial charge < -0.3 is 4.98 Å². The van der Waals surface area contributed by atoms with E-state index in [1.807, 2.05) is 30.5 Å². The molecule has 0 atom stereocenters. The Morgan fingerprint density at radius 2 is 1.58 bits per heavy atom. The van der Waals surface area contributed by atoms with Gasteiger partial charge in [0.05, 0.1) is 0 Å². The molecule has 0 spiro atoms. The third-order valence-corrected chi connectivity index (χ3v) is 5.24. The molecule has 1 aromatic heterocycles. The molecule has 0 amide bonds. The summed E-state index contributed by atoms with van der Waals surface area (Å²) >= 11 is 0. The van der Waals surface area contributed by atoms with Gasteiger partial charge in [0.15, 0.2) is 0 Å². The monoisotopic (exact) mass is 342 g/mol. The van der Waals surface area contributed by atoms with Gasteiger partial charge in [0.25, 0.3) is 0 Å². The zero-order valence-electron chi connectivity index (χ0n) is 14.4. The van der Waals surface area contributed by atoms with E-state index in [0.29, 0.717) is 6.54 Å².